The molecule has 0 unspecified atom stereocenters. The largest absolute Gasteiger partial charge is 0.331 e. The van der Waals surface area contributed by atoms with E-state index >= 15 is 0 Å². The Balaban J connectivity index is 1.44. The second kappa shape index (κ2) is 8.67. The molecule has 4 rings (SSSR count). The van der Waals surface area contributed by atoms with Crippen LogP contribution in [0.3, 0.4) is 0 Å². The maximum Gasteiger partial charge on any atom is 0.266 e. The van der Waals surface area contributed by atoms with Gasteiger partial charge in [0.15, 0.2) is 5.11 Å². The molecule has 0 saturated carbocycles. The number of nitrogens with zero attached hydrogens (tertiary/aromatic N) is 1. The molecule has 0 saturated heterocycles. The summed E-state index contributed by atoms with van der Waals surface area (Å²) in [7, 11) is 0. The molecule has 0 fully saturated rings. The Kier molecular flexibility index (Phi) is 5.79. The van der Waals surface area contributed by atoms with E-state index in [4.69, 9.17) is 23.8 Å². The fraction of sp³-hybridized carbons (Fsp3) is 0.0435. The summed E-state index contributed by atoms with van der Waals surface area (Å²) >= 11 is 11.5. The number of thiocarbonyl (C=S) groups is 1. The first kappa shape index (κ1) is 20.7. The number of rotatable bonds is 4. The van der Waals surface area contributed by atoms with Gasteiger partial charge in [0, 0.05) is 0 Å². The molecule has 3 aromatic carbocycles. The summed E-state index contributed by atoms with van der Waals surface area (Å²) in [6, 6.07) is 20.6. The molecule has 8 heteroatoms. The summed E-state index contributed by atoms with van der Waals surface area (Å²) in [6.45, 7) is 0. The third-order valence-electron chi connectivity index (χ3n) is 4.71. The summed E-state index contributed by atoms with van der Waals surface area (Å²) in [5.41, 5.74) is 2.36. The van der Waals surface area contributed by atoms with E-state index in [9.17, 15) is 14.4 Å². The van der Waals surface area contributed by atoms with Crippen molar-refractivity contribution >= 4 is 58.0 Å². The van der Waals surface area contributed by atoms with Crippen LogP contribution in [0.25, 0.3) is 0 Å². The standard InChI is InChI=1S/C23H16ClN3O3S/c24-18-13-15(27-21(29)16-8-4-5-9-17(16)22(27)30)10-11-19(18)25-23(31)26-20(28)12-14-6-2-1-3-7-14/h1-11,13H,12H2,(H2,25,26,28,31). The number of carbonyl (C=O) groups is 3. The lowest BCUT2D eigenvalue weighted by molar-refractivity contribution is -0.119. The second-order valence-corrected chi connectivity index (χ2v) is 7.64. The molecule has 2 N–H and O–H groups in total. The molecule has 1 heterocycles. The summed E-state index contributed by atoms with van der Waals surface area (Å²) < 4.78 is 0. The Morgan fingerprint density at radius 3 is 2.13 bits per heavy atom. The van der Waals surface area contributed by atoms with E-state index in [1.165, 1.54) is 6.07 Å². The van der Waals surface area contributed by atoms with Crippen molar-refractivity contribution in [2.45, 2.75) is 6.42 Å². The van der Waals surface area contributed by atoms with E-state index in [0.717, 1.165) is 10.5 Å². The van der Waals surface area contributed by atoms with Gasteiger partial charge >= 0.3 is 0 Å². The monoisotopic (exact) mass is 449 g/mol. The summed E-state index contributed by atoms with van der Waals surface area (Å²) in [6.07, 6.45) is 0.190. The van der Waals surface area contributed by atoms with Gasteiger partial charge in [0.1, 0.15) is 0 Å². The zero-order valence-electron chi connectivity index (χ0n) is 16.1. The van der Waals surface area contributed by atoms with Gasteiger partial charge < -0.3 is 10.6 Å². The van der Waals surface area contributed by atoms with Crippen LogP contribution in [0, 0.1) is 0 Å². The van der Waals surface area contributed by atoms with Crippen molar-refractivity contribution in [2.24, 2.45) is 0 Å². The quantitative estimate of drug-likeness (QED) is 0.461. The molecular weight excluding hydrogens is 434 g/mol. The highest BCUT2D eigenvalue weighted by molar-refractivity contribution is 7.80. The molecular formula is C23H16ClN3O3S. The Morgan fingerprint density at radius 1 is 0.903 bits per heavy atom. The number of carbonyl (C=O) groups excluding carboxylic acids is 3. The molecule has 0 bridgehead atoms. The minimum absolute atomic E-state index is 0.0938. The van der Waals surface area contributed by atoms with Crippen LogP contribution in [0.5, 0.6) is 0 Å². The minimum Gasteiger partial charge on any atom is -0.331 e. The van der Waals surface area contributed by atoms with E-state index in [1.807, 2.05) is 30.3 Å². The van der Waals surface area contributed by atoms with Gasteiger partial charge in [0.05, 0.1) is 33.9 Å². The molecule has 0 aromatic heterocycles. The number of hydrogen-bond acceptors (Lipinski definition) is 4. The maximum absolute atomic E-state index is 12.6. The molecule has 1 aliphatic rings. The predicted octanol–water partition coefficient (Wildman–Crippen LogP) is 4.20. The van der Waals surface area contributed by atoms with Gasteiger partial charge in [-0.3, -0.25) is 14.4 Å². The topological polar surface area (TPSA) is 78.5 Å². The van der Waals surface area contributed by atoms with Crippen LogP contribution in [0.2, 0.25) is 5.02 Å². The lowest BCUT2D eigenvalue weighted by Gasteiger charge is -2.16. The predicted molar refractivity (Wildman–Crippen MR) is 124 cm³/mol. The molecule has 154 valence electrons. The summed E-state index contributed by atoms with van der Waals surface area (Å²) in [4.78, 5) is 38.5. The Labute approximate surface area is 188 Å². The number of fused-ring (bicyclic) bond motifs is 1. The number of halogens is 1. The first-order chi connectivity index (χ1) is 14.9. The van der Waals surface area contributed by atoms with Crippen LogP contribution in [0.1, 0.15) is 26.3 Å². The van der Waals surface area contributed by atoms with E-state index < -0.39 is 11.8 Å². The van der Waals surface area contributed by atoms with Crippen molar-refractivity contribution in [3.63, 3.8) is 0 Å². The van der Waals surface area contributed by atoms with Crippen molar-refractivity contribution in [3.05, 3.63) is 94.5 Å². The molecule has 1 aliphatic heterocycles. The highest BCUT2D eigenvalue weighted by Crippen LogP contribution is 2.32. The van der Waals surface area contributed by atoms with Crippen molar-refractivity contribution in [1.29, 1.82) is 0 Å². The summed E-state index contributed by atoms with van der Waals surface area (Å²) in [5, 5.41) is 5.81. The molecule has 3 amide bonds. The smallest absolute Gasteiger partial charge is 0.266 e. The zero-order chi connectivity index (χ0) is 22.0. The molecule has 0 radical (unpaired) electrons. The van der Waals surface area contributed by atoms with E-state index in [0.29, 0.717) is 22.5 Å². The van der Waals surface area contributed by atoms with Crippen LogP contribution >= 0.6 is 23.8 Å². The number of anilines is 2. The molecule has 0 aliphatic carbocycles. The number of nitrogens with one attached hydrogen (secondary N) is 2. The lowest BCUT2D eigenvalue weighted by Crippen LogP contribution is -2.35. The average molecular weight is 450 g/mol. The first-order valence-electron chi connectivity index (χ1n) is 9.36. The van der Waals surface area contributed by atoms with Crippen LogP contribution < -0.4 is 15.5 Å². The fourth-order valence-corrected chi connectivity index (χ4v) is 3.72. The van der Waals surface area contributed by atoms with Crippen molar-refractivity contribution in [3.8, 4) is 0 Å². The Hall–Kier alpha value is -3.55. The lowest BCUT2D eigenvalue weighted by atomic mass is 10.1. The van der Waals surface area contributed by atoms with E-state index in [-0.39, 0.29) is 22.5 Å². The van der Waals surface area contributed by atoms with Gasteiger partial charge in [-0.15, -0.1) is 0 Å². The third kappa shape index (κ3) is 4.33. The van der Waals surface area contributed by atoms with Crippen LogP contribution in [0.4, 0.5) is 11.4 Å². The molecule has 0 atom stereocenters. The van der Waals surface area contributed by atoms with Crippen molar-refractivity contribution in [1.82, 2.24) is 5.32 Å². The molecule has 0 spiro atoms. The van der Waals surface area contributed by atoms with E-state index in [1.54, 1.807) is 36.4 Å². The number of imide groups is 1. The van der Waals surface area contributed by atoms with Gasteiger partial charge in [-0.1, -0.05) is 54.1 Å². The first-order valence-corrected chi connectivity index (χ1v) is 10.1. The van der Waals surface area contributed by atoms with Crippen molar-refractivity contribution < 1.29 is 14.4 Å². The van der Waals surface area contributed by atoms with Gasteiger partial charge in [-0.05, 0) is 48.1 Å². The second-order valence-electron chi connectivity index (χ2n) is 6.82. The maximum atomic E-state index is 12.6. The highest BCUT2D eigenvalue weighted by atomic mass is 35.5. The zero-order valence-corrected chi connectivity index (χ0v) is 17.7. The third-order valence-corrected chi connectivity index (χ3v) is 5.23. The molecule has 31 heavy (non-hydrogen) atoms. The number of benzene rings is 3. The Bertz CT molecular complexity index is 1180. The van der Waals surface area contributed by atoms with Crippen LogP contribution in [-0.4, -0.2) is 22.8 Å². The SMILES string of the molecule is O=C(Cc1ccccc1)NC(=S)Nc1ccc(N2C(=O)c3ccccc3C2=O)cc1Cl. The molecule has 3 aromatic rings. The van der Waals surface area contributed by atoms with E-state index in [2.05, 4.69) is 10.6 Å². The minimum atomic E-state index is -0.402. The van der Waals surface area contributed by atoms with Gasteiger partial charge in [0.25, 0.3) is 11.8 Å². The summed E-state index contributed by atoms with van der Waals surface area (Å²) in [5.74, 6) is -1.07. The van der Waals surface area contributed by atoms with Gasteiger partial charge in [-0.2, -0.15) is 0 Å². The number of hydrogen-bond donors (Lipinski definition) is 2. The Morgan fingerprint density at radius 2 is 1.52 bits per heavy atom. The number of amides is 3. The van der Waals surface area contributed by atoms with Crippen LogP contribution in [-0.2, 0) is 11.2 Å². The van der Waals surface area contributed by atoms with Gasteiger partial charge in [0.2, 0.25) is 5.91 Å². The van der Waals surface area contributed by atoms with Crippen LogP contribution in [0.15, 0.2) is 72.8 Å². The van der Waals surface area contributed by atoms with Crippen molar-refractivity contribution in [2.75, 3.05) is 10.2 Å². The fourth-order valence-electron chi connectivity index (χ4n) is 3.27. The highest BCUT2D eigenvalue weighted by Gasteiger charge is 2.36. The van der Waals surface area contributed by atoms with Gasteiger partial charge in [-0.25, -0.2) is 4.90 Å². The normalized spacial score (nSPS) is 12.5. The average Bonchev–Trinajstić information content (AvgIpc) is 3.01. The molecule has 6 nitrogen and oxygen atoms in total.